The highest BCUT2D eigenvalue weighted by atomic mass is 16.6. The number of fused-ring (bicyclic) bond motifs is 6. The predicted molar refractivity (Wildman–Crippen MR) is 165 cm³/mol. The molecule has 3 heterocycles. The molecule has 0 aliphatic carbocycles. The molecule has 3 aliphatic heterocycles. The van der Waals surface area contributed by atoms with E-state index in [0.717, 1.165) is 17.2 Å². The van der Waals surface area contributed by atoms with Crippen molar-refractivity contribution in [3.63, 3.8) is 0 Å². The van der Waals surface area contributed by atoms with E-state index < -0.39 is 50.7 Å². The number of nitro groups is 2. The second-order valence-electron chi connectivity index (χ2n) is 11.4. The average molecular weight is 601 g/mol. The Morgan fingerprint density at radius 3 is 2.22 bits per heavy atom. The average Bonchev–Trinajstić information content (AvgIpc) is 3.52. The Morgan fingerprint density at radius 1 is 0.800 bits per heavy atom. The zero-order valence-corrected chi connectivity index (χ0v) is 23.7. The van der Waals surface area contributed by atoms with Crippen molar-refractivity contribution >= 4 is 45.8 Å². The maximum atomic E-state index is 14.9. The van der Waals surface area contributed by atoms with Gasteiger partial charge in [0.1, 0.15) is 11.5 Å². The van der Waals surface area contributed by atoms with Gasteiger partial charge < -0.3 is 10.2 Å². The van der Waals surface area contributed by atoms with Crippen molar-refractivity contribution in [2.45, 2.75) is 24.4 Å². The van der Waals surface area contributed by atoms with Crippen LogP contribution in [-0.4, -0.2) is 39.4 Å². The molecular weight excluding hydrogens is 576 g/mol. The fraction of sp³-hybridized carbons (Fsp3) is 0.147. The van der Waals surface area contributed by atoms with Crippen molar-refractivity contribution in [3.05, 3.63) is 146 Å². The highest BCUT2D eigenvalue weighted by molar-refractivity contribution is 6.18. The normalized spacial score (nSPS) is 22.6. The van der Waals surface area contributed by atoms with Crippen LogP contribution in [0.3, 0.4) is 0 Å². The molecule has 45 heavy (non-hydrogen) atoms. The van der Waals surface area contributed by atoms with E-state index in [-0.39, 0.29) is 22.5 Å². The van der Waals surface area contributed by atoms with Gasteiger partial charge in [-0.05, 0) is 42.3 Å². The first kappa shape index (κ1) is 27.8. The molecule has 4 aromatic rings. The fourth-order valence-corrected chi connectivity index (χ4v) is 7.26. The van der Waals surface area contributed by atoms with E-state index in [2.05, 4.69) is 5.32 Å². The molecule has 11 heteroatoms. The number of benzene rings is 4. The van der Waals surface area contributed by atoms with Crippen molar-refractivity contribution in [1.82, 2.24) is 0 Å². The predicted octanol–water partition coefficient (Wildman–Crippen LogP) is 5.75. The van der Waals surface area contributed by atoms with Crippen LogP contribution in [0.5, 0.6) is 0 Å². The monoisotopic (exact) mass is 600 g/mol. The number of rotatable bonds is 6. The number of carbonyl (C=O) groups excluding carboxylic acids is 3. The van der Waals surface area contributed by atoms with E-state index in [9.17, 15) is 34.6 Å². The van der Waals surface area contributed by atoms with Crippen molar-refractivity contribution in [1.29, 1.82) is 0 Å². The van der Waals surface area contributed by atoms with Crippen LogP contribution < -0.4 is 10.2 Å². The molecule has 222 valence electrons. The Labute approximate surface area is 256 Å². The molecule has 4 aromatic carbocycles. The summed E-state index contributed by atoms with van der Waals surface area (Å²) in [4.78, 5) is 67.7. The van der Waals surface area contributed by atoms with E-state index >= 15 is 0 Å². The number of nitro benzene ring substituents is 2. The van der Waals surface area contributed by atoms with Crippen LogP contribution in [0.2, 0.25) is 0 Å². The molecule has 4 unspecified atom stereocenters. The summed E-state index contributed by atoms with van der Waals surface area (Å²) >= 11 is 0. The number of non-ortho nitro benzene ring substituents is 2. The van der Waals surface area contributed by atoms with Gasteiger partial charge in [0.2, 0.25) is 5.91 Å². The maximum Gasteiger partial charge on any atom is 0.270 e. The first-order valence-corrected chi connectivity index (χ1v) is 14.2. The van der Waals surface area contributed by atoms with Crippen molar-refractivity contribution in [3.8, 4) is 0 Å². The molecule has 0 saturated carbocycles. The minimum absolute atomic E-state index is 0.0129. The van der Waals surface area contributed by atoms with Crippen LogP contribution >= 0.6 is 0 Å². The van der Waals surface area contributed by atoms with Gasteiger partial charge in [-0.1, -0.05) is 54.6 Å². The molecule has 0 radical (unpaired) electrons. The van der Waals surface area contributed by atoms with Gasteiger partial charge in [-0.25, -0.2) is 0 Å². The van der Waals surface area contributed by atoms with Gasteiger partial charge in [0.05, 0.1) is 21.8 Å². The Kier molecular flexibility index (Phi) is 6.22. The minimum Gasteiger partial charge on any atom is -0.352 e. The molecule has 1 spiro atoms. The lowest BCUT2D eigenvalue weighted by atomic mass is 9.64. The third kappa shape index (κ3) is 3.93. The summed E-state index contributed by atoms with van der Waals surface area (Å²) in [6, 6.07) is 22.8. The summed E-state index contributed by atoms with van der Waals surface area (Å²) in [6.45, 7) is 1.91. The van der Waals surface area contributed by atoms with E-state index in [4.69, 9.17) is 0 Å². The highest BCUT2D eigenvalue weighted by Gasteiger charge is 2.70. The first-order chi connectivity index (χ1) is 21.6. The van der Waals surface area contributed by atoms with Crippen LogP contribution in [0, 0.1) is 26.1 Å². The number of Topliss-reactive ketones (excluding diaryl/α,β-unsaturated/α-hetero) is 2. The number of ketones is 2. The van der Waals surface area contributed by atoms with Gasteiger partial charge in [0.15, 0.2) is 11.6 Å². The summed E-state index contributed by atoms with van der Waals surface area (Å²) in [5.41, 5.74) is 1.36. The number of anilines is 2. The van der Waals surface area contributed by atoms with Crippen molar-refractivity contribution in [2.75, 3.05) is 10.2 Å². The summed E-state index contributed by atoms with van der Waals surface area (Å²) in [5.74, 6) is -2.93. The molecule has 0 bridgehead atoms. The number of amides is 1. The zero-order chi connectivity index (χ0) is 31.6. The lowest BCUT2D eigenvalue weighted by Gasteiger charge is -2.39. The first-order valence-electron chi connectivity index (χ1n) is 14.2. The molecule has 11 nitrogen and oxygen atoms in total. The molecular formula is C34H24N4O7. The minimum atomic E-state index is -1.60. The SMILES string of the molecule is CC1=CC2N(c3ccccc31)C(C(=O)c1ccc([N+](=O)[O-])cc1)C(C(=O)c1cccc([N+](=O)[O-])c1)C21C(=O)Nc2ccccc21. The Bertz CT molecular complexity index is 2000. The van der Waals surface area contributed by atoms with E-state index in [0.29, 0.717) is 16.9 Å². The Morgan fingerprint density at radius 2 is 1.49 bits per heavy atom. The molecule has 3 aliphatic rings. The molecule has 1 N–H and O–H groups in total. The molecule has 4 atom stereocenters. The van der Waals surface area contributed by atoms with Gasteiger partial charge in [-0.15, -0.1) is 0 Å². The Balaban J connectivity index is 1.53. The standard InChI is InChI=1S/C34H24N4O7/c1-19-17-28-34(25-10-3-4-11-26(25)35-33(34)41)29(31(39)21-7-6-8-23(18-21)38(44)45)30(36(28)27-12-5-2-9-24(19)27)32(40)20-13-15-22(16-14-20)37(42)43/h2-18,28-30H,1H3,(H,35,41). The topological polar surface area (TPSA) is 153 Å². The number of hydrogen-bond acceptors (Lipinski definition) is 8. The van der Waals surface area contributed by atoms with Gasteiger partial charge in [0, 0.05) is 52.3 Å². The maximum absolute atomic E-state index is 14.9. The second kappa shape index (κ2) is 10.1. The summed E-state index contributed by atoms with van der Waals surface area (Å²) in [6.07, 6.45) is 1.90. The number of carbonyl (C=O) groups is 3. The van der Waals surface area contributed by atoms with Crippen LogP contribution in [-0.2, 0) is 10.2 Å². The van der Waals surface area contributed by atoms with Crippen molar-refractivity contribution < 1.29 is 24.2 Å². The van der Waals surface area contributed by atoms with Crippen LogP contribution in [0.1, 0.15) is 38.8 Å². The Hall–Kier alpha value is -5.97. The lowest BCUT2D eigenvalue weighted by molar-refractivity contribution is -0.385. The van der Waals surface area contributed by atoms with E-state index in [1.165, 1.54) is 42.5 Å². The summed E-state index contributed by atoms with van der Waals surface area (Å²) < 4.78 is 0. The summed E-state index contributed by atoms with van der Waals surface area (Å²) in [5, 5.41) is 26.0. The van der Waals surface area contributed by atoms with Crippen LogP contribution in [0.15, 0.2) is 103 Å². The van der Waals surface area contributed by atoms with Gasteiger partial charge >= 0.3 is 0 Å². The van der Waals surface area contributed by atoms with Crippen molar-refractivity contribution in [2.24, 2.45) is 5.92 Å². The highest BCUT2D eigenvalue weighted by Crippen LogP contribution is 2.58. The quantitative estimate of drug-likeness (QED) is 0.167. The summed E-state index contributed by atoms with van der Waals surface area (Å²) in [7, 11) is 0. The fourth-order valence-electron chi connectivity index (χ4n) is 7.26. The van der Waals surface area contributed by atoms with Gasteiger partial charge in [-0.3, -0.25) is 34.6 Å². The molecule has 1 fully saturated rings. The molecule has 1 saturated heterocycles. The second-order valence-corrected chi connectivity index (χ2v) is 11.4. The number of hydrogen-bond donors (Lipinski definition) is 1. The van der Waals surface area contributed by atoms with E-state index in [1.807, 2.05) is 42.2 Å². The zero-order valence-electron chi connectivity index (χ0n) is 23.7. The number of nitrogens with zero attached hydrogens (tertiary/aromatic N) is 3. The number of para-hydroxylation sites is 2. The van der Waals surface area contributed by atoms with Crippen LogP contribution in [0.4, 0.5) is 22.7 Å². The molecule has 7 rings (SSSR count). The lowest BCUT2D eigenvalue weighted by Crippen LogP contribution is -2.51. The third-order valence-corrected chi connectivity index (χ3v) is 9.14. The smallest absolute Gasteiger partial charge is 0.270 e. The van der Waals surface area contributed by atoms with Gasteiger partial charge in [-0.2, -0.15) is 0 Å². The van der Waals surface area contributed by atoms with Crippen LogP contribution in [0.25, 0.3) is 5.57 Å². The van der Waals surface area contributed by atoms with Gasteiger partial charge in [0.25, 0.3) is 11.4 Å². The number of nitrogens with one attached hydrogen (secondary N) is 1. The molecule has 0 aromatic heterocycles. The van der Waals surface area contributed by atoms with E-state index in [1.54, 1.807) is 24.3 Å². The number of allylic oxidation sites excluding steroid dienone is 1. The molecule has 1 amide bonds. The third-order valence-electron chi connectivity index (χ3n) is 9.14. The largest absolute Gasteiger partial charge is 0.352 e.